The summed E-state index contributed by atoms with van der Waals surface area (Å²) >= 11 is 0. The fourth-order valence-electron chi connectivity index (χ4n) is 4.36. The first kappa shape index (κ1) is 19.2. The zero-order valence-corrected chi connectivity index (χ0v) is 16.1. The Morgan fingerprint density at radius 1 is 1.00 bits per heavy atom. The van der Waals surface area contributed by atoms with E-state index in [9.17, 15) is 0 Å². The SMILES string of the molecule is CCCCCCCCC(CCC1CCC2OC2C1)C(C)(C)OC. The minimum absolute atomic E-state index is 0.0245. The molecule has 0 aromatic heterocycles. The first-order valence-corrected chi connectivity index (χ1v) is 10.3. The largest absolute Gasteiger partial charge is 0.379 e. The molecule has 0 N–H and O–H groups in total. The molecule has 0 spiro atoms. The summed E-state index contributed by atoms with van der Waals surface area (Å²) in [7, 11) is 1.89. The maximum atomic E-state index is 5.84. The molecule has 4 unspecified atom stereocenters. The number of methoxy groups -OCH3 is 1. The summed E-state index contributed by atoms with van der Waals surface area (Å²) in [5.41, 5.74) is 0.0245. The van der Waals surface area contributed by atoms with E-state index in [1.54, 1.807) is 0 Å². The summed E-state index contributed by atoms with van der Waals surface area (Å²) in [5, 5.41) is 0. The van der Waals surface area contributed by atoms with Gasteiger partial charge in [0.2, 0.25) is 0 Å². The van der Waals surface area contributed by atoms with Crippen molar-refractivity contribution in [1.29, 1.82) is 0 Å². The molecule has 23 heavy (non-hydrogen) atoms. The van der Waals surface area contributed by atoms with Crippen molar-refractivity contribution in [2.75, 3.05) is 7.11 Å². The molecule has 2 fully saturated rings. The van der Waals surface area contributed by atoms with Gasteiger partial charge in [-0.2, -0.15) is 0 Å². The van der Waals surface area contributed by atoms with Crippen molar-refractivity contribution in [3.63, 3.8) is 0 Å². The molecule has 2 aliphatic rings. The summed E-state index contributed by atoms with van der Waals surface area (Å²) in [5.74, 6) is 1.61. The second-order valence-electron chi connectivity index (χ2n) is 8.53. The van der Waals surface area contributed by atoms with E-state index in [0.717, 1.165) is 5.92 Å². The Kier molecular flexibility index (Phi) is 7.88. The molecule has 4 atom stereocenters. The fraction of sp³-hybridized carbons (Fsp3) is 1.00. The number of hydrogen-bond acceptors (Lipinski definition) is 2. The minimum Gasteiger partial charge on any atom is -0.379 e. The van der Waals surface area contributed by atoms with E-state index in [1.807, 2.05) is 7.11 Å². The summed E-state index contributed by atoms with van der Waals surface area (Å²) < 4.78 is 11.5. The highest BCUT2D eigenvalue weighted by Crippen LogP contribution is 2.42. The van der Waals surface area contributed by atoms with Crippen LogP contribution in [0.3, 0.4) is 0 Å². The van der Waals surface area contributed by atoms with Gasteiger partial charge in [-0.05, 0) is 64.2 Å². The zero-order chi connectivity index (χ0) is 16.7. The van der Waals surface area contributed by atoms with Gasteiger partial charge in [-0.3, -0.25) is 0 Å². The monoisotopic (exact) mass is 324 g/mol. The summed E-state index contributed by atoms with van der Waals surface area (Å²) in [6.45, 7) is 6.86. The quantitative estimate of drug-likeness (QED) is 0.318. The Labute approximate surface area is 144 Å². The highest BCUT2D eigenvalue weighted by atomic mass is 16.6. The number of epoxide rings is 1. The van der Waals surface area contributed by atoms with E-state index in [-0.39, 0.29) is 5.60 Å². The van der Waals surface area contributed by atoms with E-state index in [4.69, 9.17) is 9.47 Å². The predicted octanol–water partition coefficient (Wildman–Crippen LogP) is 6.13. The number of rotatable bonds is 12. The van der Waals surface area contributed by atoms with Crippen molar-refractivity contribution in [3.05, 3.63) is 0 Å². The first-order chi connectivity index (χ1) is 11.1. The van der Waals surface area contributed by atoms with Crippen LogP contribution < -0.4 is 0 Å². The molecule has 1 heterocycles. The Morgan fingerprint density at radius 2 is 1.74 bits per heavy atom. The molecule has 2 heteroatoms. The number of unbranched alkanes of at least 4 members (excludes halogenated alkanes) is 5. The third-order valence-corrected chi connectivity index (χ3v) is 6.45. The fourth-order valence-corrected chi connectivity index (χ4v) is 4.36. The summed E-state index contributed by atoms with van der Waals surface area (Å²) in [6.07, 6.45) is 17.7. The van der Waals surface area contributed by atoms with Crippen LogP contribution in [-0.4, -0.2) is 24.9 Å². The first-order valence-electron chi connectivity index (χ1n) is 10.3. The lowest BCUT2D eigenvalue weighted by molar-refractivity contribution is -0.0366. The average Bonchev–Trinajstić information content (AvgIpc) is 3.31. The molecule has 2 rings (SSSR count). The smallest absolute Gasteiger partial charge is 0.0844 e. The number of ether oxygens (including phenoxy) is 2. The second kappa shape index (κ2) is 9.42. The summed E-state index contributed by atoms with van der Waals surface area (Å²) in [4.78, 5) is 0. The third kappa shape index (κ3) is 6.38. The van der Waals surface area contributed by atoms with E-state index >= 15 is 0 Å². The molecule has 1 saturated heterocycles. The van der Waals surface area contributed by atoms with Gasteiger partial charge in [-0.15, -0.1) is 0 Å². The van der Waals surface area contributed by atoms with Crippen LogP contribution in [0.5, 0.6) is 0 Å². The molecular formula is C21H40O2. The third-order valence-electron chi connectivity index (χ3n) is 6.45. The van der Waals surface area contributed by atoms with Crippen LogP contribution in [0.25, 0.3) is 0 Å². The topological polar surface area (TPSA) is 21.8 Å². The van der Waals surface area contributed by atoms with Crippen LogP contribution in [-0.2, 0) is 9.47 Å². The molecule has 0 aromatic rings. The van der Waals surface area contributed by atoms with Gasteiger partial charge in [-0.25, -0.2) is 0 Å². The van der Waals surface area contributed by atoms with Gasteiger partial charge in [-0.1, -0.05) is 45.4 Å². The maximum absolute atomic E-state index is 5.84. The van der Waals surface area contributed by atoms with Crippen LogP contribution in [0.4, 0.5) is 0 Å². The van der Waals surface area contributed by atoms with Gasteiger partial charge in [0.15, 0.2) is 0 Å². The van der Waals surface area contributed by atoms with Gasteiger partial charge < -0.3 is 9.47 Å². The molecule has 1 saturated carbocycles. The number of hydrogen-bond donors (Lipinski definition) is 0. The van der Waals surface area contributed by atoms with Crippen LogP contribution in [0.1, 0.15) is 97.8 Å². The maximum Gasteiger partial charge on any atom is 0.0844 e. The van der Waals surface area contributed by atoms with Crippen molar-refractivity contribution in [3.8, 4) is 0 Å². The Hall–Kier alpha value is -0.0800. The van der Waals surface area contributed by atoms with E-state index in [2.05, 4.69) is 20.8 Å². The van der Waals surface area contributed by atoms with Crippen molar-refractivity contribution in [2.24, 2.45) is 11.8 Å². The lowest BCUT2D eigenvalue weighted by Crippen LogP contribution is -2.34. The molecule has 2 nitrogen and oxygen atoms in total. The lowest BCUT2D eigenvalue weighted by atomic mass is 9.78. The van der Waals surface area contributed by atoms with Crippen LogP contribution in [0.15, 0.2) is 0 Å². The Balaban J connectivity index is 1.68. The van der Waals surface area contributed by atoms with Crippen molar-refractivity contribution >= 4 is 0 Å². The zero-order valence-electron chi connectivity index (χ0n) is 16.1. The molecule has 0 amide bonds. The number of fused-ring (bicyclic) bond motifs is 1. The molecule has 136 valence electrons. The van der Waals surface area contributed by atoms with Gasteiger partial charge in [0.25, 0.3) is 0 Å². The van der Waals surface area contributed by atoms with E-state index < -0.39 is 0 Å². The lowest BCUT2D eigenvalue weighted by Gasteiger charge is -2.34. The normalized spacial score (nSPS) is 28.4. The molecule has 1 aliphatic heterocycles. The van der Waals surface area contributed by atoms with Crippen LogP contribution in [0.2, 0.25) is 0 Å². The Morgan fingerprint density at radius 3 is 2.43 bits per heavy atom. The highest BCUT2D eigenvalue weighted by Gasteiger charge is 2.43. The molecule has 0 radical (unpaired) electrons. The van der Waals surface area contributed by atoms with E-state index in [1.165, 1.54) is 77.0 Å². The molecule has 0 bridgehead atoms. The van der Waals surface area contributed by atoms with Crippen molar-refractivity contribution < 1.29 is 9.47 Å². The van der Waals surface area contributed by atoms with Crippen LogP contribution in [0, 0.1) is 11.8 Å². The van der Waals surface area contributed by atoms with Gasteiger partial charge in [0, 0.05) is 7.11 Å². The summed E-state index contributed by atoms with van der Waals surface area (Å²) in [6, 6.07) is 0. The Bertz CT molecular complexity index is 326. The van der Waals surface area contributed by atoms with Crippen LogP contribution >= 0.6 is 0 Å². The molecule has 0 aromatic carbocycles. The highest BCUT2D eigenvalue weighted by molar-refractivity contribution is 4.92. The second-order valence-corrected chi connectivity index (χ2v) is 8.53. The van der Waals surface area contributed by atoms with Crippen molar-refractivity contribution in [2.45, 2.75) is 116 Å². The van der Waals surface area contributed by atoms with Crippen molar-refractivity contribution in [1.82, 2.24) is 0 Å². The molecular weight excluding hydrogens is 284 g/mol. The van der Waals surface area contributed by atoms with Gasteiger partial charge in [0.05, 0.1) is 17.8 Å². The van der Waals surface area contributed by atoms with Gasteiger partial charge in [0.1, 0.15) is 0 Å². The molecule has 1 aliphatic carbocycles. The van der Waals surface area contributed by atoms with Gasteiger partial charge >= 0.3 is 0 Å². The minimum atomic E-state index is 0.0245. The average molecular weight is 325 g/mol. The standard InChI is InChI=1S/C21H40O2/c1-5-6-7-8-9-10-11-18(21(2,3)22-4)14-12-17-13-15-19-20(16-17)23-19/h17-20H,5-16H2,1-4H3. The predicted molar refractivity (Wildman–Crippen MR) is 97.8 cm³/mol. The van der Waals surface area contributed by atoms with E-state index in [0.29, 0.717) is 18.1 Å².